The van der Waals surface area contributed by atoms with Crippen LogP contribution in [0.1, 0.15) is 10.6 Å². The molecule has 0 saturated carbocycles. The van der Waals surface area contributed by atoms with Gasteiger partial charge in [-0.15, -0.1) is 11.3 Å². The van der Waals surface area contributed by atoms with Crippen LogP contribution in [0.4, 0.5) is 5.00 Å². The summed E-state index contributed by atoms with van der Waals surface area (Å²) in [5, 5.41) is 2.79. The average molecular weight is 360 g/mol. The summed E-state index contributed by atoms with van der Waals surface area (Å²) in [6, 6.07) is 23.5. The Hall–Kier alpha value is -3.31. The molecule has 0 saturated heterocycles. The van der Waals surface area contributed by atoms with Gasteiger partial charge in [0.25, 0.3) is 0 Å². The van der Waals surface area contributed by atoms with E-state index in [2.05, 4.69) is 10.9 Å². The summed E-state index contributed by atoms with van der Waals surface area (Å²) in [5.41, 5.74) is 9.21. The highest BCUT2D eigenvalue weighted by molar-refractivity contribution is 7.14. The van der Waals surface area contributed by atoms with Crippen molar-refractivity contribution in [1.82, 2.24) is 5.43 Å². The van der Waals surface area contributed by atoms with Crippen molar-refractivity contribution in [2.24, 2.45) is 0 Å². The number of hydrazine groups is 1. The lowest BCUT2D eigenvalue weighted by atomic mass is 9.96. The van der Waals surface area contributed by atoms with E-state index in [1.807, 2.05) is 78.2 Å². The first-order chi connectivity index (χ1) is 12.8. The highest BCUT2D eigenvalue weighted by Crippen LogP contribution is 2.36. The number of thiophene rings is 1. The average Bonchev–Trinajstić information content (AvgIpc) is 3.37. The van der Waals surface area contributed by atoms with Crippen molar-refractivity contribution in [3.63, 3.8) is 0 Å². The fourth-order valence-corrected chi connectivity index (χ4v) is 3.34. The zero-order valence-corrected chi connectivity index (χ0v) is 14.6. The van der Waals surface area contributed by atoms with Crippen molar-refractivity contribution in [2.75, 3.05) is 5.43 Å². The molecule has 26 heavy (non-hydrogen) atoms. The summed E-state index contributed by atoms with van der Waals surface area (Å²) in [6.07, 6.45) is 1.64. The smallest absolute Gasteiger partial charge is 0.305 e. The second-order valence-electron chi connectivity index (χ2n) is 5.64. The van der Waals surface area contributed by atoms with E-state index in [-0.39, 0.29) is 11.7 Å². The molecule has 2 aromatic heterocycles. The first-order valence-electron chi connectivity index (χ1n) is 8.15. The zero-order valence-electron chi connectivity index (χ0n) is 13.8. The van der Waals surface area contributed by atoms with Crippen LogP contribution in [0.5, 0.6) is 0 Å². The Morgan fingerprint density at radius 2 is 1.54 bits per heavy atom. The van der Waals surface area contributed by atoms with Crippen LogP contribution in [-0.2, 0) is 0 Å². The van der Waals surface area contributed by atoms with Gasteiger partial charge in [0.05, 0.1) is 6.26 Å². The van der Waals surface area contributed by atoms with Crippen LogP contribution in [0.25, 0.3) is 22.3 Å². The fourth-order valence-electron chi connectivity index (χ4n) is 2.77. The minimum absolute atomic E-state index is 0.277. The van der Waals surface area contributed by atoms with Gasteiger partial charge in [0.1, 0.15) is 5.00 Å². The van der Waals surface area contributed by atoms with Crippen LogP contribution in [0.2, 0.25) is 0 Å². The van der Waals surface area contributed by atoms with Gasteiger partial charge in [0, 0.05) is 11.1 Å². The van der Waals surface area contributed by atoms with Crippen molar-refractivity contribution in [1.29, 1.82) is 0 Å². The van der Waals surface area contributed by atoms with E-state index in [9.17, 15) is 4.79 Å². The van der Waals surface area contributed by atoms with Gasteiger partial charge in [-0.3, -0.25) is 15.6 Å². The molecular weight excluding hydrogens is 344 g/mol. The van der Waals surface area contributed by atoms with E-state index >= 15 is 0 Å². The highest BCUT2D eigenvalue weighted by Gasteiger charge is 2.22. The summed E-state index contributed by atoms with van der Waals surface area (Å²) >= 11 is 1.51. The molecule has 0 aliphatic rings. The summed E-state index contributed by atoms with van der Waals surface area (Å²) in [5.74, 6) is -0.0430. The Morgan fingerprint density at radius 3 is 2.19 bits per heavy atom. The van der Waals surface area contributed by atoms with Gasteiger partial charge in [-0.25, -0.2) is 0 Å². The Kier molecular flexibility index (Phi) is 4.53. The number of anilines is 1. The largest absolute Gasteiger partial charge is 0.458 e. The van der Waals surface area contributed by atoms with Crippen LogP contribution in [0.3, 0.4) is 0 Å². The van der Waals surface area contributed by atoms with Gasteiger partial charge in [-0.2, -0.15) is 0 Å². The molecule has 0 radical (unpaired) electrons. The molecule has 0 unspecified atom stereocenters. The third-order valence-electron chi connectivity index (χ3n) is 3.96. The zero-order chi connectivity index (χ0) is 17.8. The molecule has 0 atom stereocenters. The van der Waals surface area contributed by atoms with E-state index in [0.717, 1.165) is 27.3 Å². The molecule has 5 heteroatoms. The van der Waals surface area contributed by atoms with Gasteiger partial charge in [-0.1, -0.05) is 60.7 Å². The molecule has 4 rings (SSSR count). The number of rotatable bonds is 5. The van der Waals surface area contributed by atoms with Crippen LogP contribution in [-0.4, -0.2) is 5.91 Å². The predicted octanol–water partition coefficient (Wildman–Crippen LogP) is 5.43. The van der Waals surface area contributed by atoms with Crippen LogP contribution in [0.15, 0.2) is 88.9 Å². The Morgan fingerprint density at radius 1 is 0.846 bits per heavy atom. The van der Waals surface area contributed by atoms with E-state index in [1.54, 1.807) is 6.26 Å². The SMILES string of the molecule is O=C(NNc1cccs1)c1occ(-c2ccccc2)c1-c1ccccc1. The molecule has 2 heterocycles. The van der Waals surface area contributed by atoms with E-state index in [4.69, 9.17) is 4.42 Å². The second-order valence-corrected chi connectivity index (χ2v) is 6.59. The number of carbonyl (C=O) groups excluding carboxylic acids is 1. The highest BCUT2D eigenvalue weighted by atomic mass is 32.1. The van der Waals surface area contributed by atoms with Crippen molar-refractivity contribution in [3.8, 4) is 22.3 Å². The monoisotopic (exact) mass is 360 g/mol. The topological polar surface area (TPSA) is 54.3 Å². The number of furan rings is 1. The van der Waals surface area contributed by atoms with E-state index < -0.39 is 0 Å². The summed E-state index contributed by atoms with van der Waals surface area (Å²) in [7, 11) is 0. The predicted molar refractivity (Wildman–Crippen MR) is 105 cm³/mol. The normalized spacial score (nSPS) is 10.5. The molecule has 0 bridgehead atoms. The van der Waals surface area contributed by atoms with Crippen molar-refractivity contribution in [2.45, 2.75) is 0 Å². The van der Waals surface area contributed by atoms with Crippen molar-refractivity contribution >= 4 is 22.2 Å². The number of carbonyl (C=O) groups is 1. The van der Waals surface area contributed by atoms with Gasteiger partial charge in [-0.05, 0) is 28.6 Å². The molecule has 0 aliphatic carbocycles. The quantitative estimate of drug-likeness (QED) is 0.467. The van der Waals surface area contributed by atoms with Gasteiger partial charge >= 0.3 is 5.91 Å². The van der Waals surface area contributed by atoms with Crippen LogP contribution < -0.4 is 10.9 Å². The molecular formula is C21H16N2O2S. The van der Waals surface area contributed by atoms with Crippen LogP contribution in [0, 0.1) is 0 Å². The maximum absolute atomic E-state index is 12.7. The Balaban J connectivity index is 1.72. The maximum atomic E-state index is 12.7. The summed E-state index contributed by atoms with van der Waals surface area (Å²) in [6.45, 7) is 0. The maximum Gasteiger partial charge on any atom is 0.305 e. The molecule has 2 aromatic carbocycles. The minimum atomic E-state index is -0.320. The molecule has 0 fully saturated rings. The number of amides is 1. The number of hydrogen-bond acceptors (Lipinski definition) is 4. The molecule has 1 amide bonds. The third kappa shape index (κ3) is 3.25. The second kappa shape index (κ2) is 7.29. The number of benzene rings is 2. The van der Waals surface area contributed by atoms with E-state index in [1.165, 1.54) is 11.3 Å². The molecule has 4 nitrogen and oxygen atoms in total. The summed E-state index contributed by atoms with van der Waals surface area (Å²) in [4.78, 5) is 12.7. The first-order valence-corrected chi connectivity index (χ1v) is 9.03. The minimum Gasteiger partial charge on any atom is -0.458 e. The lowest BCUT2D eigenvalue weighted by Crippen LogP contribution is -2.28. The van der Waals surface area contributed by atoms with Crippen LogP contribution >= 0.6 is 11.3 Å². The van der Waals surface area contributed by atoms with Gasteiger partial charge < -0.3 is 4.42 Å². The lowest BCUT2D eigenvalue weighted by Gasteiger charge is -2.08. The standard InChI is InChI=1S/C21H16N2O2S/c24-21(23-22-18-12-7-13-26-18)20-19(16-10-5-2-6-11-16)17(14-25-20)15-8-3-1-4-9-15/h1-14,22H,(H,23,24). The first kappa shape index (κ1) is 16.2. The Bertz CT molecular complexity index is 993. The van der Waals surface area contributed by atoms with Gasteiger partial charge in [0.15, 0.2) is 0 Å². The van der Waals surface area contributed by atoms with Crippen molar-refractivity contribution in [3.05, 3.63) is 90.2 Å². The van der Waals surface area contributed by atoms with Gasteiger partial charge in [0.2, 0.25) is 5.76 Å². The molecule has 128 valence electrons. The third-order valence-corrected chi connectivity index (χ3v) is 4.75. The Labute approximate surface area is 155 Å². The molecule has 4 aromatic rings. The van der Waals surface area contributed by atoms with E-state index in [0.29, 0.717) is 0 Å². The number of hydrogen-bond donors (Lipinski definition) is 2. The molecule has 0 aliphatic heterocycles. The molecule has 2 N–H and O–H groups in total. The number of nitrogens with one attached hydrogen (secondary N) is 2. The summed E-state index contributed by atoms with van der Waals surface area (Å²) < 4.78 is 5.69. The fraction of sp³-hybridized carbons (Fsp3) is 0. The van der Waals surface area contributed by atoms with Crippen molar-refractivity contribution < 1.29 is 9.21 Å². The lowest BCUT2D eigenvalue weighted by molar-refractivity contribution is 0.0936. The molecule has 0 spiro atoms.